The molecule has 0 spiro atoms. The van der Waals surface area contributed by atoms with Crippen molar-refractivity contribution in [3.05, 3.63) is 63.2 Å². The van der Waals surface area contributed by atoms with E-state index in [1.54, 1.807) is 19.3 Å². The summed E-state index contributed by atoms with van der Waals surface area (Å²) in [5.74, 6) is -0.455. The molecule has 0 aliphatic rings. The lowest BCUT2D eigenvalue weighted by Gasteiger charge is -2.07. The molecule has 0 aliphatic heterocycles. The van der Waals surface area contributed by atoms with Crippen molar-refractivity contribution in [3.8, 4) is 0 Å². The summed E-state index contributed by atoms with van der Waals surface area (Å²) in [6, 6.07) is 4.44. The zero-order valence-electron chi connectivity index (χ0n) is 10.9. The van der Waals surface area contributed by atoms with E-state index in [4.69, 9.17) is 0 Å². The summed E-state index contributed by atoms with van der Waals surface area (Å²) < 4.78 is 2.71. The molecule has 7 nitrogen and oxygen atoms in total. The second-order valence-electron chi connectivity index (χ2n) is 4.21. The Hall–Kier alpha value is -2.70. The molecule has 0 unspecified atom stereocenters. The van der Waals surface area contributed by atoms with Crippen LogP contribution in [0.5, 0.6) is 0 Å². The third kappa shape index (κ3) is 3.00. The first-order chi connectivity index (χ1) is 9.59. The van der Waals surface area contributed by atoms with Gasteiger partial charge in [-0.3, -0.25) is 19.0 Å². The molecule has 2 rings (SSSR count). The Morgan fingerprint density at radius 3 is 2.90 bits per heavy atom. The smallest absolute Gasteiger partial charge is 0.263 e. The number of amides is 1. The van der Waals surface area contributed by atoms with Gasteiger partial charge in [0.15, 0.2) is 0 Å². The van der Waals surface area contributed by atoms with Crippen LogP contribution in [0.3, 0.4) is 0 Å². The summed E-state index contributed by atoms with van der Waals surface area (Å²) in [6.45, 7) is 0.536. The minimum absolute atomic E-state index is 0.0773. The van der Waals surface area contributed by atoms with Crippen LogP contribution in [0.2, 0.25) is 0 Å². The lowest BCUT2D eigenvalue weighted by Crippen LogP contribution is -2.34. The molecular formula is C13H14N4O3. The van der Waals surface area contributed by atoms with E-state index in [0.29, 0.717) is 6.54 Å². The van der Waals surface area contributed by atoms with E-state index in [1.165, 1.54) is 33.8 Å². The Bertz CT molecular complexity index is 733. The van der Waals surface area contributed by atoms with Crippen LogP contribution in [0.4, 0.5) is 0 Å². The summed E-state index contributed by atoms with van der Waals surface area (Å²) in [6.07, 6.45) is 4.38. The minimum atomic E-state index is -0.455. The molecular weight excluding hydrogens is 260 g/mol. The van der Waals surface area contributed by atoms with Gasteiger partial charge < -0.3 is 9.88 Å². The van der Waals surface area contributed by atoms with Crippen molar-refractivity contribution in [1.29, 1.82) is 0 Å². The van der Waals surface area contributed by atoms with Gasteiger partial charge in [0.1, 0.15) is 5.56 Å². The molecule has 2 aromatic rings. The Balaban J connectivity index is 2.00. The number of nitrogens with zero attached hydrogens (tertiary/aromatic N) is 3. The molecule has 0 fully saturated rings. The third-order valence-corrected chi connectivity index (χ3v) is 2.80. The van der Waals surface area contributed by atoms with Crippen molar-refractivity contribution in [2.24, 2.45) is 7.05 Å². The van der Waals surface area contributed by atoms with E-state index in [9.17, 15) is 14.4 Å². The molecule has 0 saturated heterocycles. The largest absolute Gasteiger partial charge is 0.350 e. The fraction of sp³-hybridized carbons (Fsp3) is 0.231. The molecule has 0 radical (unpaired) electrons. The minimum Gasteiger partial charge on any atom is -0.350 e. The van der Waals surface area contributed by atoms with E-state index < -0.39 is 5.91 Å². The van der Waals surface area contributed by atoms with E-state index in [0.717, 1.165) is 0 Å². The fourth-order valence-corrected chi connectivity index (χ4v) is 1.70. The molecule has 7 heteroatoms. The maximum absolute atomic E-state index is 11.9. The van der Waals surface area contributed by atoms with Gasteiger partial charge in [0.25, 0.3) is 17.0 Å². The Kier molecular flexibility index (Phi) is 4.09. The van der Waals surface area contributed by atoms with Crippen molar-refractivity contribution in [3.63, 3.8) is 0 Å². The number of rotatable bonds is 4. The van der Waals surface area contributed by atoms with E-state index in [-0.39, 0.29) is 23.2 Å². The Labute approximate surface area is 114 Å². The second-order valence-corrected chi connectivity index (χ2v) is 4.21. The lowest BCUT2D eigenvalue weighted by atomic mass is 10.2. The number of aryl methyl sites for hydroxylation is 1. The number of hydrogen-bond donors (Lipinski definition) is 1. The average molecular weight is 274 g/mol. The highest BCUT2D eigenvalue weighted by Crippen LogP contribution is 1.90. The lowest BCUT2D eigenvalue weighted by molar-refractivity contribution is 0.0950. The van der Waals surface area contributed by atoms with Crippen molar-refractivity contribution in [2.75, 3.05) is 6.54 Å². The summed E-state index contributed by atoms with van der Waals surface area (Å²) >= 11 is 0. The normalized spacial score (nSPS) is 10.2. The maximum atomic E-state index is 11.9. The molecule has 1 N–H and O–H groups in total. The molecule has 1 amide bonds. The van der Waals surface area contributed by atoms with Gasteiger partial charge in [0.05, 0.1) is 6.33 Å². The van der Waals surface area contributed by atoms with Gasteiger partial charge in [0, 0.05) is 38.6 Å². The highest BCUT2D eigenvalue weighted by atomic mass is 16.2. The maximum Gasteiger partial charge on any atom is 0.263 e. The number of nitrogens with one attached hydrogen (secondary N) is 1. The van der Waals surface area contributed by atoms with Crippen LogP contribution >= 0.6 is 0 Å². The number of pyridine rings is 1. The van der Waals surface area contributed by atoms with E-state index in [1.807, 2.05) is 0 Å². The van der Waals surface area contributed by atoms with Crippen LogP contribution in [0.25, 0.3) is 0 Å². The van der Waals surface area contributed by atoms with Crippen LogP contribution in [-0.4, -0.2) is 26.6 Å². The quantitative estimate of drug-likeness (QED) is 0.804. The summed E-state index contributed by atoms with van der Waals surface area (Å²) in [4.78, 5) is 38.8. The highest BCUT2D eigenvalue weighted by Gasteiger charge is 2.10. The molecule has 0 aliphatic carbocycles. The highest BCUT2D eigenvalue weighted by molar-refractivity contribution is 5.93. The van der Waals surface area contributed by atoms with Crippen LogP contribution < -0.4 is 16.4 Å². The summed E-state index contributed by atoms with van der Waals surface area (Å²) in [7, 11) is 1.58. The van der Waals surface area contributed by atoms with Gasteiger partial charge in [0.2, 0.25) is 0 Å². The molecule has 20 heavy (non-hydrogen) atoms. The van der Waals surface area contributed by atoms with Crippen molar-refractivity contribution < 1.29 is 4.79 Å². The molecule has 0 saturated carbocycles. The molecule has 104 valence electrons. The molecule has 2 heterocycles. The van der Waals surface area contributed by atoms with Gasteiger partial charge in [-0.2, -0.15) is 0 Å². The predicted octanol–water partition coefficient (Wildman–Crippen LogP) is -0.628. The van der Waals surface area contributed by atoms with Gasteiger partial charge in [-0.1, -0.05) is 0 Å². The van der Waals surface area contributed by atoms with Crippen molar-refractivity contribution in [2.45, 2.75) is 6.54 Å². The topological polar surface area (TPSA) is 86.0 Å². The molecule has 0 atom stereocenters. The predicted molar refractivity (Wildman–Crippen MR) is 72.5 cm³/mol. The number of carbonyl (C=O) groups is 1. The van der Waals surface area contributed by atoms with Crippen molar-refractivity contribution in [1.82, 2.24) is 19.4 Å². The van der Waals surface area contributed by atoms with Gasteiger partial charge in [-0.25, -0.2) is 4.98 Å². The number of carbonyl (C=O) groups excluding carboxylic acids is 1. The first-order valence-electron chi connectivity index (χ1n) is 6.04. The van der Waals surface area contributed by atoms with E-state index >= 15 is 0 Å². The van der Waals surface area contributed by atoms with Gasteiger partial charge in [-0.15, -0.1) is 0 Å². The van der Waals surface area contributed by atoms with Crippen LogP contribution in [0.15, 0.2) is 46.5 Å². The van der Waals surface area contributed by atoms with Crippen LogP contribution in [0, 0.1) is 0 Å². The van der Waals surface area contributed by atoms with Crippen molar-refractivity contribution >= 4 is 5.91 Å². The zero-order valence-corrected chi connectivity index (χ0v) is 10.9. The molecule has 0 aromatic carbocycles. The first-order valence-corrected chi connectivity index (χ1v) is 6.04. The van der Waals surface area contributed by atoms with Gasteiger partial charge in [-0.05, 0) is 12.1 Å². The Morgan fingerprint density at radius 1 is 1.35 bits per heavy atom. The van der Waals surface area contributed by atoms with E-state index in [2.05, 4.69) is 10.3 Å². The molecule has 2 aromatic heterocycles. The Morgan fingerprint density at radius 2 is 2.15 bits per heavy atom. The third-order valence-electron chi connectivity index (χ3n) is 2.80. The summed E-state index contributed by atoms with van der Waals surface area (Å²) in [5, 5.41) is 2.60. The SMILES string of the molecule is Cn1cccc(C(=O)NCCn2cnccc2=O)c1=O. The number of hydrogen-bond acceptors (Lipinski definition) is 4. The second kappa shape index (κ2) is 5.96. The summed E-state index contributed by atoms with van der Waals surface area (Å²) in [5.41, 5.74) is -0.470. The first kappa shape index (κ1) is 13.7. The standard InChI is InChI=1S/C13H14N4O3/c1-16-7-2-3-10(13(16)20)12(19)15-6-8-17-9-14-5-4-11(17)18/h2-5,7,9H,6,8H2,1H3,(H,15,19). The van der Waals surface area contributed by atoms with Crippen LogP contribution in [-0.2, 0) is 13.6 Å². The zero-order chi connectivity index (χ0) is 14.5. The molecule has 0 bridgehead atoms. The van der Waals surface area contributed by atoms with Crippen LogP contribution in [0.1, 0.15) is 10.4 Å². The van der Waals surface area contributed by atoms with Gasteiger partial charge >= 0.3 is 0 Å². The monoisotopic (exact) mass is 274 g/mol. The number of aromatic nitrogens is 3. The average Bonchev–Trinajstić information content (AvgIpc) is 2.44. The fourth-order valence-electron chi connectivity index (χ4n) is 1.70.